The number of nitrogens with zero attached hydrogens (tertiary/aromatic N) is 2. The largest absolute Gasteiger partial charge is 0.466 e. The minimum Gasteiger partial charge on any atom is -0.466 e. The number of piperidine rings is 1. The number of hydrogen-bond donors (Lipinski definition) is 0. The molecule has 2 aromatic carbocycles. The number of hydrogen-bond acceptors (Lipinski definition) is 3. The van der Waals surface area contributed by atoms with E-state index in [1.54, 1.807) is 0 Å². The van der Waals surface area contributed by atoms with Crippen LogP contribution in [0.5, 0.6) is 0 Å². The van der Waals surface area contributed by atoms with Crippen molar-refractivity contribution in [2.45, 2.75) is 52.5 Å². The molecule has 3 aromatic rings. The Balaban J connectivity index is 1.65. The standard InChI is InChI=1S/C28H34N2O3/c1-4-29-19-25(23-10-6-7-11-26(23)29)24(21-14-12-20(3)13-15-21)17-27(31)30-16-8-9-22(18-30)28(32)33-5-2/h6-7,10-15,19,22,24H,4-5,8-9,16-18H2,1-3H3/t22-,24+/m1/s1. The van der Waals surface area contributed by atoms with Crippen molar-refractivity contribution in [1.82, 2.24) is 9.47 Å². The Morgan fingerprint density at radius 3 is 2.58 bits per heavy atom. The van der Waals surface area contributed by atoms with Gasteiger partial charge in [0, 0.05) is 49.1 Å². The number of ether oxygens (including phenoxy) is 1. The van der Waals surface area contributed by atoms with Crippen molar-refractivity contribution < 1.29 is 14.3 Å². The molecule has 33 heavy (non-hydrogen) atoms. The molecule has 4 rings (SSSR count). The lowest BCUT2D eigenvalue weighted by molar-refractivity contribution is -0.151. The fraction of sp³-hybridized carbons (Fsp3) is 0.429. The molecule has 5 heteroatoms. The van der Waals surface area contributed by atoms with Gasteiger partial charge in [0.05, 0.1) is 12.5 Å². The first kappa shape index (κ1) is 23.1. The van der Waals surface area contributed by atoms with Gasteiger partial charge in [-0.25, -0.2) is 0 Å². The van der Waals surface area contributed by atoms with E-state index in [2.05, 4.69) is 73.1 Å². The minimum atomic E-state index is -0.220. The molecule has 1 aliphatic heterocycles. The second kappa shape index (κ2) is 10.2. The summed E-state index contributed by atoms with van der Waals surface area (Å²) < 4.78 is 7.48. The van der Waals surface area contributed by atoms with Crippen LogP contribution < -0.4 is 0 Å². The lowest BCUT2D eigenvalue weighted by atomic mass is 9.87. The molecule has 0 N–H and O–H groups in total. The molecule has 5 nitrogen and oxygen atoms in total. The number of carbonyl (C=O) groups is 2. The summed E-state index contributed by atoms with van der Waals surface area (Å²) in [5.74, 6) is -0.347. The lowest BCUT2D eigenvalue weighted by Gasteiger charge is -2.32. The zero-order valence-corrected chi connectivity index (χ0v) is 19.9. The van der Waals surface area contributed by atoms with Crippen LogP contribution in [0.4, 0.5) is 0 Å². The molecule has 0 saturated carbocycles. The SMILES string of the molecule is CCOC(=O)[C@@H]1CCCN(C(=O)C[C@@H](c2ccc(C)cc2)c2cn(CC)c3ccccc23)C1. The Morgan fingerprint density at radius 2 is 1.85 bits per heavy atom. The summed E-state index contributed by atoms with van der Waals surface area (Å²) in [5.41, 5.74) is 4.73. The van der Waals surface area contributed by atoms with Gasteiger partial charge in [-0.05, 0) is 50.8 Å². The molecule has 0 aliphatic carbocycles. The first-order valence-electron chi connectivity index (χ1n) is 12.1. The third kappa shape index (κ3) is 4.97. The van der Waals surface area contributed by atoms with Gasteiger partial charge in [-0.1, -0.05) is 48.0 Å². The van der Waals surface area contributed by atoms with E-state index < -0.39 is 0 Å². The van der Waals surface area contributed by atoms with Crippen LogP contribution in [0.1, 0.15) is 55.7 Å². The van der Waals surface area contributed by atoms with E-state index in [1.165, 1.54) is 22.0 Å². The van der Waals surface area contributed by atoms with E-state index in [1.807, 2.05) is 11.8 Å². The summed E-state index contributed by atoms with van der Waals surface area (Å²) in [6.07, 6.45) is 4.21. The Morgan fingerprint density at radius 1 is 1.09 bits per heavy atom. The number of rotatable bonds is 7. The van der Waals surface area contributed by atoms with E-state index in [-0.39, 0.29) is 23.7 Å². The second-order valence-electron chi connectivity index (χ2n) is 8.99. The molecule has 1 amide bonds. The van der Waals surface area contributed by atoms with Crippen LogP contribution in [0.25, 0.3) is 10.9 Å². The van der Waals surface area contributed by atoms with Gasteiger partial charge in [-0.3, -0.25) is 9.59 Å². The summed E-state index contributed by atoms with van der Waals surface area (Å²) in [5, 5.41) is 1.20. The molecule has 1 aliphatic rings. The summed E-state index contributed by atoms with van der Waals surface area (Å²) >= 11 is 0. The maximum Gasteiger partial charge on any atom is 0.310 e. The highest BCUT2D eigenvalue weighted by molar-refractivity contribution is 5.87. The van der Waals surface area contributed by atoms with Gasteiger partial charge < -0.3 is 14.2 Å². The number of para-hydroxylation sites is 1. The minimum absolute atomic E-state index is 0.0428. The van der Waals surface area contributed by atoms with Crippen LogP contribution >= 0.6 is 0 Å². The molecule has 2 atom stereocenters. The van der Waals surface area contributed by atoms with Crippen molar-refractivity contribution in [3.05, 3.63) is 71.4 Å². The molecule has 1 fully saturated rings. The molecular weight excluding hydrogens is 412 g/mol. The number of amides is 1. The van der Waals surface area contributed by atoms with Crippen LogP contribution in [0.15, 0.2) is 54.7 Å². The molecule has 1 aromatic heterocycles. The number of aromatic nitrogens is 1. The predicted molar refractivity (Wildman–Crippen MR) is 131 cm³/mol. The zero-order valence-electron chi connectivity index (χ0n) is 19.9. The van der Waals surface area contributed by atoms with E-state index in [4.69, 9.17) is 4.74 Å². The van der Waals surface area contributed by atoms with Gasteiger partial charge >= 0.3 is 5.97 Å². The van der Waals surface area contributed by atoms with Gasteiger partial charge in [0.2, 0.25) is 5.91 Å². The van der Waals surface area contributed by atoms with Gasteiger partial charge in [0.15, 0.2) is 0 Å². The highest BCUT2D eigenvalue weighted by Crippen LogP contribution is 2.36. The Kier molecular flexibility index (Phi) is 7.17. The van der Waals surface area contributed by atoms with E-state index >= 15 is 0 Å². The van der Waals surface area contributed by atoms with Crippen molar-refractivity contribution in [3.63, 3.8) is 0 Å². The Hall–Kier alpha value is -3.08. The molecular formula is C28H34N2O3. The van der Waals surface area contributed by atoms with E-state index in [0.29, 0.717) is 26.1 Å². The fourth-order valence-electron chi connectivity index (χ4n) is 4.98. The van der Waals surface area contributed by atoms with Gasteiger partial charge in [-0.2, -0.15) is 0 Å². The van der Waals surface area contributed by atoms with E-state index in [0.717, 1.165) is 24.9 Å². The summed E-state index contributed by atoms with van der Waals surface area (Å²) in [4.78, 5) is 27.7. The summed E-state index contributed by atoms with van der Waals surface area (Å²) in [6, 6.07) is 16.9. The molecule has 1 saturated heterocycles. The molecule has 2 heterocycles. The molecule has 0 unspecified atom stereocenters. The van der Waals surface area contributed by atoms with Crippen LogP contribution in [0.3, 0.4) is 0 Å². The quantitative estimate of drug-likeness (QED) is 0.463. The molecule has 0 radical (unpaired) electrons. The van der Waals surface area contributed by atoms with Gasteiger partial charge in [0.25, 0.3) is 0 Å². The molecule has 0 bridgehead atoms. The van der Waals surface area contributed by atoms with Gasteiger partial charge in [0.1, 0.15) is 0 Å². The number of carbonyl (C=O) groups excluding carboxylic acids is 2. The van der Waals surface area contributed by atoms with Crippen molar-refractivity contribution in [2.24, 2.45) is 5.92 Å². The smallest absolute Gasteiger partial charge is 0.310 e. The molecule has 0 spiro atoms. The highest BCUT2D eigenvalue weighted by Gasteiger charge is 2.31. The second-order valence-corrected chi connectivity index (χ2v) is 8.99. The number of benzene rings is 2. The van der Waals surface area contributed by atoms with Crippen molar-refractivity contribution in [1.29, 1.82) is 0 Å². The highest BCUT2D eigenvalue weighted by atomic mass is 16.5. The average molecular weight is 447 g/mol. The van der Waals surface area contributed by atoms with E-state index in [9.17, 15) is 9.59 Å². The number of fused-ring (bicyclic) bond motifs is 1. The maximum absolute atomic E-state index is 13.5. The van der Waals surface area contributed by atoms with Crippen molar-refractivity contribution in [3.8, 4) is 0 Å². The summed E-state index contributed by atoms with van der Waals surface area (Å²) in [7, 11) is 0. The Bertz CT molecular complexity index is 1120. The normalized spacial score (nSPS) is 17.2. The lowest BCUT2D eigenvalue weighted by Crippen LogP contribution is -2.43. The van der Waals surface area contributed by atoms with Crippen LogP contribution in [0, 0.1) is 12.8 Å². The average Bonchev–Trinajstić information content (AvgIpc) is 3.22. The van der Waals surface area contributed by atoms with Crippen LogP contribution in [0.2, 0.25) is 0 Å². The van der Waals surface area contributed by atoms with Crippen LogP contribution in [-0.4, -0.2) is 41.0 Å². The monoisotopic (exact) mass is 446 g/mol. The Labute approximate surface area is 196 Å². The number of esters is 1. The number of likely N-dealkylation sites (tertiary alicyclic amines) is 1. The maximum atomic E-state index is 13.5. The zero-order chi connectivity index (χ0) is 23.4. The molecule has 174 valence electrons. The first-order valence-corrected chi connectivity index (χ1v) is 12.1. The third-order valence-corrected chi connectivity index (χ3v) is 6.79. The first-order chi connectivity index (χ1) is 16.0. The predicted octanol–water partition coefficient (Wildman–Crippen LogP) is 5.29. The van der Waals surface area contributed by atoms with Crippen molar-refractivity contribution >= 4 is 22.8 Å². The third-order valence-electron chi connectivity index (χ3n) is 6.79. The summed E-state index contributed by atoms with van der Waals surface area (Å²) in [6.45, 7) is 8.45. The fourth-order valence-corrected chi connectivity index (χ4v) is 4.98. The topological polar surface area (TPSA) is 51.5 Å². The van der Waals surface area contributed by atoms with Crippen LogP contribution in [-0.2, 0) is 20.9 Å². The van der Waals surface area contributed by atoms with Crippen molar-refractivity contribution in [2.75, 3.05) is 19.7 Å². The van der Waals surface area contributed by atoms with Gasteiger partial charge in [-0.15, -0.1) is 0 Å². The number of aryl methyl sites for hydroxylation is 2.